The summed E-state index contributed by atoms with van der Waals surface area (Å²) in [5.41, 5.74) is 2.38. The third kappa shape index (κ3) is 2.56. The topological polar surface area (TPSA) is 55.8 Å². The minimum Gasteiger partial charge on any atom is -0.497 e. The Morgan fingerprint density at radius 1 is 1.32 bits per heavy atom. The van der Waals surface area contributed by atoms with Crippen LogP contribution < -0.4 is 9.64 Å². The highest BCUT2D eigenvalue weighted by Gasteiger charge is 2.20. The Labute approximate surface area is 112 Å². The van der Waals surface area contributed by atoms with Crippen LogP contribution in [0.5, 0.6) is 5.75 Å². The first-order valence-electron chi connectivity index (χ1n) is 6.12. The summed E-state index contributed by atoms with van der Waals surface area (Å²) in [6.45, 7) is 0.747. The molecule has 2 aromatic rings. The Bertz CT molecular complexity index is 602. The first-order valence-corrected chi connectivity index (χ1v) is 6.12. The maximum Gasteiger partial charge on any atom is 0.355 e. The zero-order valence-corrected chi connectivity index (χ0v) is 11.7. The SMILES string of the molecule is COC(=O)c1[nH]c2cc(OC)ccc2c1C[NH+](C)C. The van der Waals surface area contributed by atoms with Crippen LogP contribution in [0.2, 0.25) is 0 Å². The molecule has 0 unspecified atom stereocenters. The normalized spacial score (nSPS) is 11.0. The number of fused-ring (bicyclic) bond motifs is 1. The molecule has 5 heteroatoms. The average Bonchev–Trinajstić information content (AvgIpc) is 2.75. The first kappa shape index (κ1) is 13.4. The van der Waals surface area contributed by atoms with E-state index in [2.05, 4.69) is 4.98 Å². The molecule has 0 radical (unpaired) electrons. The van der Waals surface area contributed by atoms with Crippen molar-refractivity contribution >= 4 is 16.9 Å². The van der Waals surface area contributed by atoms with E-state index in [9.17, 15) is 4.79 Å². The summed E-state index contributed by atoms with van der Waals surface area (Å²) in [5, 5.41) is 1.03. The van der Waals surface area contributed by atoms with Crippen molar-refractivity contribution in [2.75, 3.05) is 28.3 Å². The summed E-state index contributed by atoms with van der Waals surface area (Å²) in [6, 6.07) is 5.75. The fourth-order valence-electron chi connectivity index (χ4n) is 2.18. The maximum atomic E-state index is 11.8. The number of benzene rings is 1. The third-order valence-electron chi connectivity index (χ3n) is 3.03. The van der Waals surface area contributed by atoms with Gasteiger partial charge in [0.05, 0.1) is 33.8 Å². The van der Waals surface area contributed by atoms with Crippen LogP contribution in [-0.2, 0) is 11.3 Å². The highest BCUT2D eigenvalue weighted by Crippen LogP contribution is 2.26. The van der Waals surface area contributed by atoms with Gasteiger partial charge in [-0.2, -0.15) is 0 Å². The van der Waals surface area contributed by atoms with Gasteiger partial charge in [0, 0.05) is 17.0 Å². The molecule has 0 saturated heterocycles. The molecule has 102 valence electrons. The number of methoxy groups -OCH3 is 2. The lowest BCUT2D eigenvalue weighted by atomic mass is 10.1. The number of ether oxygens (including phenoxy) is 2. The van der Waals surface area contributed by atoms with Gasteiger partial charge in [0.1, 0.15) is 18.0 Å². The molecule has 19 heavy (non-hydrogen) atoms. The summed E-state index contributed by atoms with van der Waals surface area (Å²) < 4.78 is 10.0. The Hall–Kier alpha value is -2.01. The van der Waals surface area contributed by atoms with Crippen LogP contribution in [0.25, 0.3) is 10.9 Å². The number of hydrogen-bond acceptors (Lipinski definition) is 3. The van der Waals surface area contributed by atoms with Gasteiger partial charge < -0.3 is 19.4 Å². The standard InChI is InChI=1S/C14H18N2O3/c1-16(2)8-11-10-6-5-9(18-3)7-12(10)15-13(11)14(17)19-4/h5-7,15H,8H2,1-4H3/p+1. The largest absolute Gasteiger partial charge is 0.497 e. The maximum absolute atomic E-state index is 11.8. The van der Waals surface area contributed by atoms with Crippen molar-refractivity contribution in [2.24, 2.45) is 0 Å². The highest BCUT2D eigenvalue weighted by molar-refractivity contribution is 5.98. The van der Waals surface area contributed by atoms with Crippen LogP contribution in [0.3, 0.4) is 0 Å². The summed E-state index contributed by atoms with van der Waals surface area (Å²) >= 11 is 0. The Morgan fingerprint density at radius 2 is 2.05 bits per heavy atom. The van der Waals surface area contributed by atoms with E-state index in [1.54, 1.807) is 7.11 Å². The molecule has 0 aliphatic rings. The number of nitrogens with one attached hydrogen (secondary N) is 2. The summed E-state index contributed by atoms with van der Waals surface area (Å²) in [6.07, 6.45) is 0. The van der Waals surface area contributed by atoms with E-state index >= 15 is 0 Å². The van der Waals surface area contributed by atoms with Gasteiger partial charge in [0.15, 0.2) is 0 Å². The molecule has 1 aromatic heterocycles. The monoisotopic (exact) mass is 263 g/mol. The summed E-state index contributed by atoms with van der Waals surface area (Å²) in [5.74, 6) is 0.417. The van der Waals surface area contributed by atoms with E-state index in [0.717, 1.165) is 28.8 Å². The number of esters is 1. The van der Waals surface area contributed by atoms with Crippen molar-refractivity contribution in [3.05, 3.63) is 29.5 Å². The first-order chi connectivity index (χ1) is 9.06. The summed E-state index contributed by atoms with van der Waals surface area (Å²) in [4.78, 5) is 16.2. The molecule has 5 nitrogen and oxygen atoms in total. The fraction of sp³-hybridized carbons (Fsp3) is 0.357. The minimum atomic E-state index is -0.341. The number of rotatable bonds is 4. The molecule has 0 aliphatic heterocycles. The van der Waals surface area contributed by atoms with Crippen molar-refractivity contribution in [3.8, 4) is 5.75 Å². The van der Waals surface area contributed by atoms with Gasteiger partial charge in [-0.3, -0.25) is 0 Å². The molecule has 0 bridgehead atoms. The Morgan fingerprint density at radius 3 is 2.63 bits per heavy atom. The van der Waals surface area contributed by atoms with Crippen LogP contribution in [0.1, 0.15) is 16.1 Å². The molecular weight excluding hydrogens is 244 g/mol. The van der Waals surface area contributed by atoms with Gasteiger partial charge in [-0.1, -0.05) is 0 Å². The smallest absolute Gasteiger partial charge is 0.355 e. The van der Waals surface area contributed by atoms with Crippen LogP contribution in [0.15, 0.2) is 18.2 Å². The van der Waals surface area contributed by atoms with E-state index < -0.39 is 0 Å². The zero-order valence-electron chi connectivity index (χ0n) is 11.7. The van der Waals surface area contributed by atoms with Crippen LogP contribution in [-0.4, -0.2) is 39.3 Å². The van der Waals surface area contributed by atoms with Crippen LogP contribution in [0, 0.1) is 0 Å². The van der Waals surface area contributed by atoms with Gasteiger partial charge >= 0.3 is 5.97 Å². The zero-order chi connectivity index (χ0) is 14.0. The second-order valence-corrected chi connectivity index (χ2v) is 4.77. The number of H-pyrrole nitrogens is 1. The summed E-state index contributed by atoms with van der Waals surface area (Å²) in [7, 11) is 7.10. The van der Waals surface area contributed by atoms with Gasteiger partial charge in [0.2, 0.25) is 0 Å². The number of carbonyl (C=O) groups excluding carboxylic acids is 1. The highest BCUT2D eigenvalue weighted by atomic mass is 16.5. The quantitative estimate of drug-likeness (QED) is 0.795. The van der Waals surface area contributed by atoms with Gasteiger partial charge in [0.25, 0.3) is 0 Å². The van der Waals surface area contributed by atoms with Crippen LogP contribution in [0.4, 0.5) is 0 Å². The lowest BCUT2D eigenvalue weighted by Crippen LogP contribution is -3.04. The number of carbonyl (C=O) groups is 1. The van der Waals surface area contributed by atoms with Crippen molar-refractivity contribution < 1.29 is 19.2 Å². The lowest BCUT2D eigenvalue weighted by Gasteiger charge is -2.08. The van der Waals surface area contributed by atoms with Gasteiger partial charge in [-0.05, 0) is 12.1 Å². The van der Waals surface area contributed by atoms with E-state index in [-0.39, 0.29) is 5.97 Å². The number of aromatic amines is 1. The molecule has 2 N–H and O–H groups in total. The van der Waals surface area contributed by atoms with E-state index in [4.69, 9.17) is 9.47 Å². The third-order valence-corrected chi connectivity index (χ3v) is 3.03. The second kappa shape index (κ2) is 5.32. The van der Waals surface area contributed by atoms with Crippen molar-refractivity contribution in [1.82, 2.24) is 4.98 Å². The van der Waals surface area contributed by atoms with Gasteiger partial charge in [-0.15, -0.1) is 0 Å². The molecule has 0 aliphatic carbocycles. The molecule has 0 spiro atoms. The Balaban J connectivity index is 2.61. The van der Waals surface area contributed by atoms with E-state index in [0.29, 0.717) is 5.69 Å². The predicted molar refractivity (Wildman–Crippen MR) is 72.7 cm³/mol. The molecular formula is C14H19N2O3+. The van der Waals surface area contributed by atoms with E-state index in [1.165, 1.54) is 12.0 Å². The van der Waals surface area contributed by atoms with E-state index in [1.807, 2.05) is 32.3 Å². The number of aromatic nitrogens is 1. The molecule has 0 fully saturated rings. The molecule has 1 heterocycles. The fourth-order valence-corrected chi connectivity index (χ4v) is 2.18. The molecule has 0 saturated carbocycles. The number of quaternary nitrogens is 1. The molecule has 1 aromatic carbocycles. The molecule has 0 amide bonds. The Kier molecular flexibility index (Phi) is 3.76. The lowest BCUT2D eigenvalue weighted by molar-refractivity contribution is -0.872. The van der Waals surface area contributed by atoms with Crippen molar-refractivity contribution in [2.45, 2.75) is 6.54 Å². The predicted octanol–water partition coefficient (Wildman–Crippen LogP) is 0.608. The van der Waals surface area contributed by atoms with Crippen molar-refractivity contribution in [3.63, 3.8) is 0 Å². The number of hydrogen-bond donors (Lipinski definition) is 2. The van der Waals surface area contributed by atoms with Crippen LogP contribution >= 0.6 is 0 Å². The minimum absolute atomic E-state index is 0.341. The van der Waals surface area contributed by atoms with Gasteiger partial charge in [-0.25, -0.2) is 4.79 Å². The molecule has 0 atom stereocenters. The van der Waals surface area contributed by atoms with Crippen molar-refractivity contribution in [1.29, 1.82) is 0 Å². The molecule has 2 rings (SSSR count). The average molecular weight is 263 g/mol. The second-order valence-electron chi connectivity index (χ2n) is 4.77.